The molecule has 0 radical (unpaired) electrons. The smallest absolute Gasteiger partial charge is 0.105 e. The van der Waals surface area contributed by atoms with Crippen LogP contribution in [0.25, 0.3) is 0 Å². The van der Waals surface area contributed by atoms with Crippen molar-refractivity contribution in [3.05, 3.63) is 35.4 Å². The van der Waals surface area contributed by atoms with Crippen LogP contribution < -0.4 is 5.32 Å². The van der Waals surface area contributed by atoms with Gasteiger partial charge in [-0.1, -0.05) is 29.8 Å². The number of ether oxygens (including phenoxy) is 2. The van der Waals surface area contributed by atoms with Crippen LogP contribution in [0.4, 0.5) is 0 Å². The van der Waals surface area contributed by atoms with Gasteiger partial charge in [-0.3, -0.25) is 0 Å². The summed E-state index contributed by atoms with van der Waals surface area (Å²) in [7, 11) is 0. The van der Waals surface area contributed by atoms with E-state index >= 15 is 0 Å². The van der Waals surface area contributed by atoms with Crippen molar-refractivity contribution in [3.8, 4) is 0 Å². The predicted molar refractivity (Wildman–Crippen MR) is 70.6 cm³/mol. The molecule has 1 aliphatic heterocycles. The Labute approximate surface area is 108 Å². The van der Waals surface area contributed by atoms with E-state index in [1.807, 2.05) is 0 Å². The van der Waals surface area contributed by atoms with Crippen molar-refractivity contribution in [1.29, 1.82) is 0 Å². The Hall–Kier alpha value is -0.900. The molecule has 1 saturated heterocycles. The van der Waals surface area contributed by atoms with Crippen molar-refractivity contribution < 1.29 is 9.47 Å². The molecule has 0 amide bonds. The largest absolute Gasteiger partial charge is 0.376 e. The number of benzene rings is 1. The Kier molecular flexibility index (Phi) is 3.64. The first kappa shape index (κ1) is 12.2. The molecule has 18 heavy (non-hydrogen) atoms. The van der Waals surface area contributed by atoms with Gasteiger partial charge in [0.15, 0.2) is 0 Å². The minimum Gasteiger partial charge on any atom is -0.376 e. The summed E-state index contributed by atoms with van der Waals surface area (Å²) in [4.78, 5) is 0. The van der Waals surface area contributed by atoms with Crippen molar-refractivity contribution in [3.63, 3.8) is 0 Å². The van der Waals surface area contributed by atoms with Crippen molar-refractivity contribution in [2.24, 2.45) is 0 Å². The Morgan fingerprint density at radius 1 is 1.39 bits per heavy atom. The fraction of sp³-hybridized carbons (Fsp3) is 0.600. The standard InChI is InChI=1S/C15H21NO2/c1-11-3-2-4-12(7-11)15(8-16-13-5-6-13)18-14-9-17-10-14/h2-4,7,13-16H,5-6,8-10H2,1H3. The fourth-order valence-electron chi connectivity index (χ4n) is 2.20. The van der Waals surface area contributed by atoms with E-state index in [9.17, 15) is 0 Å². The molecule has 1 aliphatic carbocycles. The van der Waals surface area contributed by atoms with E-state index in [1.165, 1.54) is 24.0 Å². The lowest BCUT2D eigenvalue weighted by Gasteiger charge is -2.31. The highest BCUT2D eigenvalue weighted by atomic mass is 16.6. The van der Waals surface area contributed by atoms with Crippen LogP contribution in [0.1, 0.15) is 30.1 Å². The van der Waals surface area contributed by atoms with Gasteiger partial charge in [-0.25, -0.2) is 0 Å². The number of nitrogens with one attached hydrogen (secondary N) is 1. The number of hydrogen-bond donors (Lipinski definition) is 1. The third kappa shape index (κ3) is 3.10. The van der Waals surface area contributed by atoms with Gasteiger partial charge < -0.3 is 14.8 Å². The lowest BCUT2D eigenvalue weighted by Crippen LogP contribution is -2.39. The molecule has 1 atom stereocenters. The average Bonchev–Trinajstić information content (AvgIpc) is 3.10. The maximum Gasteiger partial charge on any atom is 0.105 e. The molecule has 1 aromatic carbocycles. The SMILES string of the molecule is Cc1cccc(C(CNC2CC2)OC2COC2)c1. The Balaban J connectivity index is 1.65. The van der Waals surface area contributed by atoms with E-state index in [1.54, 1.807) is 0 Å². The summed E-state index contributed by atoms with van der Waals surface area (Å²) in [5, 5.41) is 3.56. The maximum atomic E-state index is 6.12. The van der Waals surface area contributed by atoms with Crippen molar-refractivity contribution >= 4 is 0 Å². The molecule has 2 aliphatic rings. The molecular weight excluding hydrogens is 226 g/mol. The van der Waals surface area contributed by atoms with E-state index in [0.29, 0.717) is 0 Å². The molecule has 98 valence electrons. The molecule has 0 aromatic heterocycles. The Bertz CT molecular complexity index is 399. The van der Waals surface area contributed by atoms with E-state index < -0.39 is 0 Å². The summed E-state index contributed by atoms with van der Waals surface area (Å²) in [6.07, 6.45) is 3.05. The lowest BCUT2D eigenvalue weighted by molar-refractivity contribution is -0.155. The van der Waals surface area contributed by atoms with Crippen LogP contribution in [0.3, 0.4) is 0 Å². The molecule has 0 bridgehead atoms. The molecular formula is C15H21NO2. The highest BCUT2D eigenvalue weighted by Gasteiger charge is 2.27. The quantitative estimate of drug-likeness (QED) is 0.836. The van der Waals surface area contributed by atoms with Crippen LogP contribution in [0.15, 0.2) is 24.3 Å². The summed E-state index contributed by atoms with van der Waals surface area (Å²) in [6.45, 7) is 4.52. The van der Waals surface area contributed by atoms with Crippen LogP contribution in [0.2, 0.25) is 0 Å². The minimum atomic E-state index is 0.152. The highest BCUT2D eigenvalue weighted by molar-refractivity contribution is 5.24. The molecule has 1 aromatic rings. The van der Waals surface area contributed by atoms with Crippen LogP contribution in [-0.2, 0) is 9.47 Å². The second-order valence-electron chi connectivity index (χ2n) is 5.38. The van der Waals surface area contributed by atoms with Gasteiger partial charge in [-0.2, -0.15) is 0 Å². The van der Waals surface area contributed by atoms with Gasteiger partial charge in [0.2, 0.25) is 0 Å². The number of hydrogen-bond acceptors (Lipinski definition) is 3. The van der Waals surface area contributed by atoms with E-state index in [0.717, 1.165) is 25.8 Å². The molecule has 2 fully saturated rings. The fourth-order valence-corrected chi connectivity index (χ4v) is 2.20. The first-order chi connectivity index (χ1) is 8.81. The zero-order chi connectivity index (χ0) is 12.4. The molecule has 1 saturated carbocycles. The molecule has 3 nitrogen and oxygen atoms in total. The van der Waals surface area contributed by atoms with Gasteiger partial charge in [0.05, 0.1) is 19.3 Å². The molecule has 3 heteroatoms. The summed E-state index contributed by atoms with van der Waals surface area (Å²) < 4.78 is 11.3. The first-order valence-corrected chi connectivity index (χ1v) is 6.84. The summed E-state index contributed by atoms with van der Waals surface area (Å²) in [5.74, 6) is 0. The van der Waals surface area contributed by atoms with Crippen LogP contribution in [0, 0.1) is 6.92 Å². The van der Waals surface area contributed by atoms with Crippen LogP contribution >= 0.6 is 0 Å². The van der Waals surface area contributed by atoms with Gasteiger partial charge in [-0.05, 0) is 25.3 Å². The maximum absolute atomic E-state index is 6.12. The zero-order valence-electron chi connectivity index (χ0n) is 10.9. The minimum absolute atomic E-state index is 0.152. The van der Waals surface area contributed by atoms with Gasteiger partial charge >= 0.3 is 0 Å². The summed E-state index contributed by atoms with van der Waals surface area (Å²) in [6, 6.07) is 9.33. The monoisotopic (exact) mass is 247 g/mol. The summed E-state index contributed by atoms with van der Waals surface area (Å²) in [5.41, 5.74) is 2.56. The third-order valence-electron chi connectivity index (χ3n) is 3.55. The lowest BCUT2D eigenvalue weighted by atomic mass is 10.1. The molecule has 3 rings (SSSR count). The first-order valence-electron chi connectivity index (χ1n) is 6.84. The Morgan fingerprint density at radius 2 is 2.22 bits per heavy atom. The number of aryl methyl sites for hydroxylation is 1. The molecule has 0 spiro atoms. The molecule has 1 unspecified atom stereocenters. The van der Waals surface area contributed by atoms with Crippen molar-refractivity contribution in [2.45, 2.75) is 38.0 Å². The zero-order valence-corrected chi connectivity index (χ0v) is 10.9. The Morgan fingerprint density at radius 3 is 2.83 bits per heavy atom. The number of rotatable bonds is 6. The normalized spacial score (nSPS) is 21.6. The van der Waals surface area contributed by atoms with Crippen molar-refractivity contribution in [1.82, 2.24) is 5.32 Å². The van der Waals surface area contributed by atoms with E-state index in [-0.39, 0.29) is 12.2 Å². The second-order valence-corrected chi connectivity index (χ2v) is 5.38. The molecule has 1 heterocycles. The third-order valence-corrected chi connectivity index (χ3v) is 3.55. The topological polar surface area (TPSA) is 30.5 Å². The van der Waals surface area contributed by atoms with E-state index in [2.05, 4.69) is 36.5 Å². The van der Waals surface area contributed by atoms with Crippen molar-refractivity contribution in [2.75, 3.05) is 19.8 Å². The van der Waals surface area contributed by atoms with E-state index in [4.69, 9.17) is 9.47 Å². The van der Waals surface area contributed by atoms with Gasteiger partial charge in [0.25, 0.3) is 0 Å². The van der Waals surface area contributed by atoms with Gasteiger partial charge in [-0.15, -0.1) is 0 Å². The highest BCUT2D eigenvalue weighted by Crippen LogP contribution is 2.25. The van der Waals surface area contributed by atoms with Crippen LogP contribution in [-0.4, -0.2) is 31.9 Å². The van der Waals surface area contributed by atoms with Gasteiger partial charge in [0.1, 0.15) is 6.10 Å². The second kappa shape index (κ2) is 5.39. The van der Waals surface area contributed by atoms with Crippen LogP contribution in [0.5, 0.6) is 0 Å². The summed E-state index contributed by atoms with van der Waals surface area (Å²) >= 11 is 0. The predicted octanol–water partition coefficient (Wildman–Crippen LogP) is 2.20. The molecule has 1 N–H and O–H groups in total. The van der Waals surface area contributed by atoms with Gasteiger partial charge in [0, 0.05) is 12.6 Å². The average molecular weight is 247 g/mol.